The number of allylic oxidation sites excluding steroid dienone is 1. The third kappa shape index (κ3) is 2.46. The number of fused-ring (bicyclic) bond motifs is 5. The van der Waals surface area contributed by atoms with Crippen molar-refractivity contribution in [2.24, 2.45) is 0 Å². The fourth-order valence-electron chi connectivity index (χ4n) is 3.83. The van der Waals surface area contributed by atoms with Crippen LogP contribution >= 0.6 is 0 Å². The molecule has 6 rings (SSSR count). The maximum atomic E-state index is 6.03. The number of para-hydroxylation sites is 2. The lowest BCUT2D eigenvalue weighted by atomic mass is 10.0. The highest BCUT2D eigenvalue weighted by Crippen LogP contribution is 2.46. The number of benzene rings is 3. The lowest BCUT2D eigenvalue weighted by Crippen LogP contribution is -1.99. The van der Waals surface area contributed by atoms with E-state index >= 15 is 0 Å². The Morgan fingerprint density at radius 1 is 0.750 bits per heavy atom. The Labute approximate surface area is 162 Å². The van der Waals surface area contributed by atoms with Gasteiger partial charge < -0.3 is 19.2 Å². The van der Waals surface area contributed by atoms with Crippen molar-refractivity contribution in [3.8, 4) is 23.0 Å². The van der Waals surface area contributed by atoms with E-state index in [0.717, 1.165) is 47.1 Å². The molecule has 2 heterocycles. The van der Waals surface area contributed by atoms with Crippen LogP contribution in [-0.2, 0) is 6.42 Å². The number of nitrogens with one attached hydrogen (secondary N) is 1. The predicted molar refractivity (Wildman–Crippen MR) is 110 cm³/mol. The van der Waals surface area contributed by atoms with Gasteiger partial charge in [-0.05, 0) is 55.3 Å². The van der Waals surface area contributed by atoms with Crippen molar-refractivity contribution in [1.82, 2.24) is 0 Å². The number of anilines is 2. The third-order valence-electron chi connectivity index (χ3n) is 5.18. The van der Waals surface area contributed by atoms with Crippen LogP contribution in [0.25, 0.3) is 17.0 Å². The summed E-state index contributed by atoms with van der Waals surface area (Å²) in [5.41, 5.74) is 4.12. The molecular formula is C24H17NO3. The number of furan rings is 1. The van der Waals surface area contributed by atoms with E-state index in [0.29, 0.717) is 11.5 Å². The largest absolute Gasteiger partial charge is 0.456 e. The Hall–Kier alpha value is -3.66. The van der Waals surface area contributed by atoms with E-state index in [-0.39, 0.29) is 0 Å². The standard InChI is InChI=1S/C24H17NO3/c1-2-6-19-17(5-1)18-11-9-15(13-23(18)26-19)25-16-10-12-22-24(14-16)28-21-8-4-3-7-20(21)27-22/h2-4,6-14,25H,1,5H2. The minimum absolute atomic E-state index is 0.698. The summed E-state index contributed by atoms with van der Waals surface area (Å²) >= 11 is 0. The van der Waals surface area contributed by atoms with Crippen molar-refractivity contribution in [3.63, 3.8) is 0 Å². The number of hydrogen-bond acceptors (Lipinski definition) is 4. The van der Waals surface area contributed by atoms with Gasteiger partial charge in [-0.2, -0.15) is 0 Å². The van der Waals surface area contributed by atoms with Gasteiger partial charge in [0.25, 0.3) is 0 Å². The first kappa shape index (κ1) is 15.4. The third-order valence-corrected chi connectivity index (χ3v) is 5.18. The zero-order valence-corrected chi connectivity index (χ0v) is 15.1. The first-order valence-corrected chi connectivity index (χ1v) is 9.41. The first-order chi connectivity index (χ1) is 13.8. The van der Waals surface area contributed by atoms with Crippen LogP contribution in [0.3, 0.4) is 0 Å². The van der Waals surface area contributed by atoms with E-state index in [1.54, 1.807) is 0 Å². The average Bonchev–Trinajstić information content (AvgIpc) is 3.10. The number of aryl methyl sites for hydroxylation is 1. The average molecular weight is 367 g/mol. The molecule has 1 N–H and O–H groups in total. The van der Waals surface area contributed by atoms with Crippen molar-refractivity contribution in [3.05, 3.63) is 78.1 Å². The number of hydrogen-bond donors (Lipinski definition) is 1. The summed E-state index contributed by atoms with van der Waals surface area (Å²) in [6.07, 6.45) is 6.35. The maximum absolute atomic E-state index is 6.03. The minimum atomic E-state index is 0.698. The Balaban J connectivity index is 1.31. The van der Waals surface area contributed by atoms with Crippen LogP contribution in [-0.4, -0.2) is 0 Å². The van der Waals surface area contributed by atoms with Gasteiger partial charge in [0, 0.05) is 34.5 Å². The van der Waals surface area contributed by atoms with E-state index in [1.807, 2.05) is 48.5 Å². The van der Waals surface area contributed by atoms with E-state index < -0.39 is 0 Å². The molecule has 3 aromatic carbocycles. The molecule has 0 unspecified atom stereocenters. The van der Waals surface area contributed by atoms with Gasteiger partial charge in [0.15, 0.2) is 23.0 Å². The summed E-state index contributed by atoms with van der Waals surface area (Å²) in [4.78, 5) is 0. The van der Waals surface area contributed by atoms with Gasteiger partial charge in [0.2, 0.25) is 0 Å². The summed E-state index contributed by atoms with van der Waals surface area (Å²) < 4.78 is 17.9. The molecule has 0 spiro atoms. The SMILES string of the molecule is C1=Cc2oc3cc(Nc4ccc5c(c4)Oc4ccccc4O5)ccc3c2CC1. The monoisotopic (exact) mass is 367 g/mol. The molecule has 4 heteroatoms. The van der Waals surface area contributed by atoms with Crippen LogP contribution < -0.4 is 14.8 Å². The van der Waals surface area contributed by atoms with Crippen LogP contribution in [0.1, 0.15) is 17.7 Å². The predicted octanol–water partition coefficient (Wildman–Crippen LogP) is 7.03. The zero-order valence-electron chi connectivity index (χ0n) is 15.1. The van der Waals surface area contributed by atoms with Crippen molar-refractivity contribution >= 4 is 28.4 Å². The molecule has 0 saturated heterocycles. The van der Waals surface area contributed by atoms with Crippen LogP contribution in [0.4, 0.5) is 11.4 Å². The topological polar surface area (TPSA) is 43.6 Å². The Bertz CT molecular complexity index is 1250. The summed E-state index contributed by atoms with van der Waals surface area (Å²) in [6.45, 7) is 0. The highest BCUT2D eigenvalue weighted by Gasteiger charge is 2.19. The summed E-state index contributed by atoms with van der Waals surface area (Å²) in [5, 5.41) is 4.63. The molecule has 2 aliphatic rings. The molecule has 136 valence electrons. The molecule has 1 aliphatic carbocycles. The van der Waals surface area contributed by atoms with Crippen molar-refractivity contribution in [2.45, 2.75) is 12.8 Å². The first-order valence-electron chi connectivity index (χ1n) is 9.41. The van der Waals surface area contributed by atoms with Crippen LogP contribution in [0.2, 0.25) is 0 Å². The second kappa shape index (κ2) is 5.92. The molecule has 0 amide bonds. The van der Waals surface area contributed by atoms with Gasteiger partial charge in [-0.15, -0.1) is 0 Å². The van der Waals surface area contributed by atoms with Gasteiger partial charge in [0.1, 0.15) is 11.3 Å². The van der Waals surface area contributed by atoms with Crippen molar-refractivity contribution in [2.75, 3.05) is 5.32 Å². The molecule has 28 heavy (non-hydrogen) atoms. The fourth-order valence-corrected chi connectivity index (χ4v) is 3.83. The van der Waals surface area contributed by atoms with Crippen LogP contribution in [0, 0.1) is 0 Å². The van der Waals surface area contributed by atoms with E-state index in [1.165, 1.54) is 10.9 Å². The maximum Gasteiger partial charge on any atom is 0.172 e. The molecule has 4 nitrogen and oxygen atoms in total. The Kier molecular flexibility index (Phi) is 3.26. The molecule has 1 aromatic heterocycles. The second-order valence-electron chi connectivity index (χ2n) is 7.03. The Morgan fingerprint density at radius 3 is 2.39 bits per heavy atom. The Morgan fingerprint density at radius 2 is 1.50 bits per heavy atom. The smallest absolute Gasteiger partial charge is 0.172 e. The number of ether oxygens (including phenoxy) is 2. The van der Waals surface area contributed by atoms with Gasteiger partial charge >= 0.3 is 0 Å². The van der Waals surface area contributed by atoms with Gasteiger partial charge in [0.05, 0.1) is 0 Å². The quantitative estimate of drug-likeness (QED) is 0.363. The lowest BCUT2D eigenvalue weighted by molar-refractivity contribution is 0.360. The molecule has 0 bridgehead atoms. The van der Waals surface area contributed by atoms with Crippen LogP contribution in [0.5, 0.6) is 23.0 Å². The van der Waals surface area contributed by atoms with Crippen molar-refractivity contribution in [1.29, 1.82) is 0 Å². The highest BCUT2D eigenvalue weighted by atomic mass is 16.6. The molecule has 0 atom stereocenters. The van der Waals surface area contributed by atoms with Gasteiger partial charge in [-0.25, -0.2) is 0 Å². The second-order valence-corrected chi connectivity index (χ2v) is 7.03. The summed E-state index contributed by atoms with van der Waals surface area (Å²) in [7, 11) is 0. The molecule has 1 aliphatic heterocycles. The van der Waals surface area contributed by atoms with Gasteiger partial charge in [-0.3, -0.25) is 0 Å². The molecule has 4 aromatic rings. The lowest BCUT2D eigenvalue weighted by Gasteiger charge is -2.21. The summed E-state index contributed by atoms with van der Waals surface area (Å²) in [6, 6.07) is 19.8. The molecule has 0 saturated carbocycles. The minimum Gasteiger partial charge on any atom is -0.456 e. The van der Waals surface area contributed by atoms with Gasteiger partial charge in [-0.1, -0.05) is 18.2 Å². The van der Waals surface area contributed by atoms with E-state index in [4.69, 9.17) is 13.9 Å². The highest BCUT2D eigenvalue weighted by molar-refractivity contribution is 5.88. The molecule has 0 fully saturated rings. The fraction of sp³-hybridized carbons (Fsp3) is 0.0833. The van der Waals surface area contributed by atoms with Crippen molar-refractivity contribution < 1.29 is 13.9 Å². The normalized spacial score (nSPS) is 13.9. The van der Waals surface area contributed by atoms with E-state index in [2.05, 4.69) is 29.6 Å². The van der Waals surface area contributed by atoms with Crippen LogP contribution in [0.15, 0.2) is 71.2 Å². The zero-order chi connectivity index (χ0) is 18.5. The molecule has 0 radical (unpaired) electrons. The summed E-state index contributed by atoms with van der Waals surface area (Å²) in [5.74, 6) is 3.85. The number of rotatable bonds is 2. The molecular weight excluding hydrogens is 350 g/mol. The van der Waals surface area contributed by atoms with E-state index in [9.17, 15) is 0 Å².